The largest absolute Gasteiger partial charge is 0.480 e. The lowest BCUT2D eigenvalue weighted by Crippen LogP contribution is -2.51. The number of hydrogen-bond acceptors (Lipinski definition) is 2. The Morgan fingerprint density at radius 3 is 2.19 bits per heavy atom. The quantitative estimate of drug-likeness (QED) is 0.748. The number of urea groups is 1. The topological polar surface area (TPSA) is 69.6 Å². The van der Waals surface area contributed by atoms with Crippen molar-refractivity contribution in [2.24, 2.45) is 5.41 Å². The lowest BCUT2D eigenvalue weighted by atomic mass is 9.87. The fourth-order valence-electron chi connectivity index (χ4n) is 1.63. The maximum atomic E-state index is 11.7. The molecule has 1 fully saturated rings. The van der Waals surface area contributed by atoms with Gasteiger partial charge in [-0.25, -0.2) is 9.59 Å². The summed E-state index contributed by atoms with van der Waals surface area (Å²) >= 11 is 0. The summed E-state index contributed by atoms with van der Waals surface area (Å²) in [4.78, 5) is 24.2. The summed E-state index contributed by atoms with van der Waals surface area (Å²) in [5.74, 6) is -0.989. The van der Waals surface area contributed by atoms with Crippen LogP contribution in [0.15, 0.2) is 0 Å². The molecule has 16 heavy (non-hydrogen) atoms. The number of nitrogens with zero attached hydrogens (tertiary/aromatic N) is 1. The minimum Gasteiger partial charge on any atom is -0.480 e. The zero-order valence-electron chi connectivity index (χ0n) is 10.5. The van der Waals surface area contributed by atoms with Gasteiger partial charge in [0.25, 0.3) is 0 Å². The molecule has 0 radical (unpaired) electrons. The Bertz CT molecular complexity index is 318. The fourth-order valence-corrected chi connectivity index (χ4v) is 1.63. The number of aliphatic carboxylic acids is 1. The van der Waals surface area contributed by atoms with Gasteiger partial charge in [0.2, 0.25) is 0 Å². The van der Waals surface area contributed by atoms with E-state index in [0.717, 1.165) is 0 Å². The molecule has 5 heteroatoms. The first-order chi connectivity index (χ1) is 7.06. The second-order valence-electron chi connectivity index (χ2n) is 5.84. The molecule has 0 saturated carbocycles. The van der Waals surface area contributed by atoms with E-state index in [-0.39, 0.29) is 17.5 Å². The monoisotopic (exact) mass is 228 g/mol. The minimum atomic E-state index is -1.16. The van der Waals surface area contributed by atoms with Crippen LogP contribution in [-0.2, 0) is 4.79 Å². The number of rotatable bonds is 2. The van der Waals surface area contributed by atoms with Crippen molar-refractivity contribution in [3.05, 3.63) is 0 Å². The molecule has 5 nitrogen and oxygen atoms in total. The lowest BCUT2D eigenvalue weighted by Gasteiger charge is -2.31. The first-order valence-electron chi connectivity index (χ1n) is 5.38. The van der Waals surface area contributed by atoms with E-state index in [1.165, 1.54) is 4.90 Å². The lowest BCUT2D eigenvalue weighted by molar-refractivity contribution is -0.147. The highest BCUT2D eigenvalue weighted by molar-refractivity contribution is 5.87. The molecule has 1 atom stereocenters. The summed E-state index contributed by atoms with van der Waals surface area (Å²) in [5.41, 5.74) is -1.23. The van der Waals surface area contributed by atoms with Crippen LogP contribution in [0.25, 0.3) is 0 Å². The van der Waals surface area contributed by atoms with Gasteiger partial charge in [-0.15, -0.1) is 0 Å². The van der Waals surface area contributed by atoms with Gasteiger partial charge in [0.15, 0.2) is 0 Å². The summed E-state index contributed by atoms with van der Waals surface area (Å²) in [5, 5.41) is 11.9. The molecule has 0 aromatic rings. The Labute approximate surface area is 95.8 Å². The Kier molecular flexibility index (Phi) is 2.92. The van der Waals surface area contributed by atoms with Crippen molar-refractivity contribution in [3.63, 3.8) is 0 Å². The number of amides is 2. The third kappa shape index (κ3) is 2.13. The first-order valence-corrected chi connectivity index (χ1v) is 5.38. The van der Waals surface area contributed by atoms with Crippen LogP contribution in [0.3, 0.4) is 0 Å². The first kappa shape index (κ1) is 12.8. The zero-order chi connectivity index (χ0) is 12.7. The number of hydrogen-bond donors (Lipinski definition) is 2. The highest BCUT2D eigenvalue weighted by atomic mass is 16.4. The van der Waals surface area contributed by atoms with Gasteiger partial charge in [0, 0.05) is 6.54 Å². The second-order valence-corrected chi connectivity index (χ2v) is 5.84. The molecule has 1 aliphatic rings. The molecule has 0 aromatic heterocycles. The average molecular weight is 228 g/mol. The van der Waals surface area contributed by atoms with E-state index in [2.05, 4.69) is 5.32 Å². The molecule has 0 spiro atoms. The summed E-state index contributed by atoms with van der Waals surface area (Å²) in [7, 11) is 0. The van der Waals surface area contributed by atoms with Crippen LogP contribution in [0.1, 0.15) is 34.6 Å². The van der Waals surface area contributed by atoms with Crippen LogP contribution < -0.4 is 5.32 Å². The van der Waals surface area contributed by atoms with Gasteiger partial charge >= 0.3 is 12.0 Å². The van der Waals surface area contributed by atoms with E-state index in [4.69, 9.17) is 5.11 Å². The number of carbonyl (C=O) groups excluding carboxylic acids is 1. The third-order valence-electron chi connectivity index (χ3n) is 3.15. The van der Waals surface area contributed by atoms with E-state index in [1.807, 2.05) is 20.8 Å². The van der Waals surface area contributed by atoms with Crippen LogP contribution in [0.4, 0.5) is 4.79 Å². The highest BCUT2D eigenvalue weighted by Gasteiger charge is 2.45. The van der Waals surface area contributed by atoms with Crippen LogP contribution in [0, 0.1) is 5.41 Å². The van der Waals surface area contributed by atoms with Gasteiger partial charge in [-0.3, -0.25) is 0 Å². The van der Waals surface area contributed by atoms with Crippen molar-refractivity contribution < 1.29 is 14.7 Å². The highest BCUT2D eigenvalue weighted by Crippen LogP contribution is 2.28. The molecule has 0 bridgehead atoms. The predicted octanol–water partition coefficient (Wildman–Crippen LogP) is 1.29. The predicted molar refractivity (Wildman–Crippen MR) is 60.2 cm³/mol. The minimum absolute atomic E-state index is 0.0152. The van der Waals surface area contributed by atoms with Gasteiger partial charge in [-0.05, 0) is 19.3 Å². The molecule has 1 heterocycles. The molecule has 1 unspecified atom stereocenters. The Hall–Kier alpha value is -1.26. The summed E-state index contributed by atoms with van der Waals surface area (Å²) in [6.07, 6.45) is 0. The van der Waals surface area contributed by atoms with Gasteiger partial charge < -0.3 is 15.3 Å². The van der Waals surface area contributed by atoms with E-state index in [9.17, 15) is 9.59 Å². The number of nitrogens with one attached hydrogen (secondary N) is 1. The summed E-state index contributed by atoms with van der Waals surface area (Å²) in [6.45, 7) is 9.58. The third-order valence-corrected chi connectivity index (χ3v) is 3.15. The van der Waals surface area contributed by atoms with Crippen molar-refractivity contribution in [3.8, 4) is 0 Å². The number of carboxylic acids is 1. The van der Waals surface area contributed by atoms with Gasteiger partial charge in [-0.2, -0.15) is 0 Å². The SMILES string of the molecule is CC(C)(C)C1CN(C(C)(C)C(=O)O)C(=O)N1. The molecule has 92 valence electrons. The molecule has 1 rings (SSSR count). The van der Waals surface area contributed by atoms with E-state index < -0.39 is 11.5 Å². The average Bonchev–Trinajstić information content (AvgIpc) is 2.46. The van der Waals surface area contributed by atoms with Crippen molar-refractivity contribution in [1.29, 1.82) is 0 Å². The molecular formula is C11H20N2O3. The van der Waals surface area contributed by atoms with Crippen molar-refractivity contribution in [2.45, 2.75) is 46.2 Å². The molecule has 1 aliphatic heterocycles. The maximum Gasteiger partial charge on any atom is 0.329 e. The van der Waals surface area contributed by atoms with Crippen molar-refractivity contribution in [2.75, 3.05) is 6.54 Å². The molecule has 2 N–H and O–H groups in total. The van der Waals surface area contributed by atoms with E-state index in [0.29, 0.717) is 6.54 Å². The van der Waals surface area contributed by atoms with Gasteiger partial charge in [-0.1, -0.05) is 20.8 Å². The Balaban J connectivity index is 2.88. The van der Waals surface area contributed by atoms with E-state index >= 15 is 0 Å². The number of carbonyl (C=O) groups is 2. The Morgan fingerprint density at radius 1 is 1.38 bits per heavy atom. The van der Waals surface area contributed by atoms with Crippen LogP contribution >= 0.6 is 0 Å². The van der Waals surface area contributed by atoms with E-state index in [1.54, 1.807) is 13.8 Å². The second kappa shape index (κ2) is 3.64. The van der Waals surface area contributed by atoms with Crippen LogP contribution in [-0.4, -0.2) is 40.1 Å². The summed E-state index contributed by atoms with van der Waals surface area (Å²) in [6, 6.07) is -0.314. The standard InChI is InChI=1S/C11H20N2O3/c1-10(2,3)7-6-13(9(16)12-7)11(4,5)8(14)15/h7H,6H2,1-5H3,(H,12,16)(H,14,15). The van der Waals surface area contributed by atoms with Crippen LogP contribution in [0.2, 0.25) is 0 Å². The molecule has 0 aromatic carbocycles. The normalized spacial score (nSPS) is 22.2. The fraction of sp³-hybridized carbons (Fsp3) is 0.818. The molecule has 2 amide bonds. The molecule has 0 aliphatic carbocycles. The Morgan fingerprint density at radius 2 is 1.88 bits per heavy atom. The maximum absolute atomic E-state index is 11.7. The van der Waals surface area contributed by atoms with Crippen LogP contribution in [0.5, 0.6) is 0 Å². The van der Waals surface area contributed by atoms with Gasteiger partial charge in [0.1, 0.15) is 5.54 Å². The van der Waals surface area contributed by atoms with Crippen molar-refractivity contribution >= 4 is 12.0 Å². The number of carboxylic acid groups (broad SMARTS) is 1. The van der Waals surface area contributed by atoms with Gasteiger partial charge in [0.05, 0.1) is 6.04 Å². The molecule has 1 saturated heterocycles. The summed E-state index contributed by atoms with van der Waals surface area (Å²) < 4.78 is 0. The molecular weight excluding hydrogens is 208 g/mol. The zero-order valence-corrected chi connectivity index (χ0v) is 10.5. The smallest absolute Gasteiger partial charge is 0.329 e. The van der Waals surface area contributed by atoms with Crippen molar-refractivity contribution in [1.82, 2.24) is 10.2 Å².